The summed E-state index contributed by atoms with van der Waals surface area (Å²) in [6, 6.07) is 7.18. The van der Waals surface area contributed by atoms with Gasteiger partial charge in [0.15, 0.2) is 0 Å². The van der Waals surface area contributed by atoms with Crippen LogP contribution >= 0.6 is 15.9 Å². The predicted molar refractivity (Wildman–Crippen MR) is 82.3 cm³/mol. The van der Waals surface area contributed by atoms with Crippen molar-refractivity contribution in [3.05, 3.63) is 28.2 Å². The lowest BCUT2D eigenvalue weighted by Gasteiger charge is -2.28. The van der Waals surface area contributed by atoms with Gasteiger partial charge in [0.05, 0.1) is 17.3 Å². The molecule has 5 heteroatoms. The van der Waals surface area contributed by atoms with E-state index in [1.165, 1.54) is 0 Å². The second-order valence-electron chi connectivity index (χ2n) is 5.10. The number of carbonyl (C=O) groups excluding carboxylic acids is 1. The van der Waals surface area contributed by atoms with Crippen LogP contribution in [0.25, 0.3) is 0 Å². The molecule has 1 fully saturated rings. The van der Waals surface area contributed by atoms with Gasteiger partial charge in [-0.15, -0.1) is 0 Å². The second kappa shape index (κ2) is 6.87. The second-order valence-corrected chi connectivity index (χ2v) is 6.01. The minimum absolute atomic E-state index is 0.0576. The minimum atomic E-state index is -0.167. The van der Waals surface area contributed by atoms with Crippen LogP contribution in [0.15, 0.2) is 22.7 Å². The molecule has 0 saturated carbocycles. The van der Waals surface area contributed by atoms with Gasteiger partial charge in [-0.25, -0.2) is 0 Å². The fourth-order valence-electron chi connectivity index (χ4n) is 2.50. The third kappa shape index (κ3) is 3.59. The standard InChI is InChI=1S/C15H18BrN3O/c1-2-10-5-6-18-14(7-10)15(20)19-13-8-12(16)4-3-11(13)9-17/h3-4,8,10,14,18H,2,5-7H2,1H3,(H,19,20). The van der Waals surface area contributed by atoms with Crippen LogP contribution in [0.4, 0.5) is 5.69 Å². The van der Waals surface area contributed by atoms with Gasteiger partial charge in [-0.05, 0) is 43.5 Å². The van der Waals surface area contributed by atoms with Crippen LogP contribution in [0.2, 0.25) is 0 Å². The van der Waals surface area contributed by atoms with E-state index in [-0.39, 0.29) is 11.9 Å². The molecule has 2 unspecified atom stereocenters. The molecule has 1 saturated heterocycles. The molecule has 20 heavy (non-hydrogen) atoms. The number of carbonyl (C=O) groups is 1. The minimum Gasteiger partial charge on any atom is -0.324 e. The molecule has 2 rings (SSSR count). The highest BCUT2D eigenvalue weighted by molar-refractivity contribution is 9.10. The lowest BCUT2D eigenvalue weighted by molar-refractivity contribution is -0.119. The number of benzene rings is 1. The zero-order valence-electron chi connectivity index (χ0n) is 11.4. The first kappa shape index (κ1) is 15.0. The molecule has 1 aromatic rings. The number of nitrogens with one attached hydrogen (secondary N) is 2. The normalized spacial score (nSPS) is 22.1. The Hall–Kier alpha value is -1.38. The Balaban J connectivity index is 2.08. The van der Waals surface area contributed by atoms with Gasteiger partial charge in [-0.1, -0.05) is 29.3 Å². The molecule has 1 aromatic carbocycles. The monoisotopic (exact) mass is 335 g/mol. The van der Waals surface area contributed by atoms with Crippen molar-refractivity contribution in [1.29, 1.82) is 5.26 Å². The van der Waals surface area contributed by atoms with Crippen LogP contribution in [0.3, 0.4) is 0 Å². The topological polar surface area (TPSA) is 64.9 Å². The molecule has 0 radical (unpaired) electrons. The molecule has 0 aliphatic carbocycles. The highest BCUT2D eigenvalue weighted by Gasteiger charge is 2.26. The smallest absolute Gasteiger partial charge is 0.241 e. The van der Waals surface area contributed by atoms with E-state index in [1.807, 2.05) is 0 Å². The van der Waals surface area contributed by atoms with Crippen molar-refractivity contribution in [2.24, 2.45) is 5.92 Å². The van der Waals surface area contributed by atoms with E-state index < -0.39 is 0 Å². The Morgan fingerprint density at radius 2 is 2.40 bits per heavy atom. The average Bonchev–Trinajstić information content (AvgIpc) is 2.47. The first-order valence-electron chi connectivity index (χ1n) is 6.88. The molecule has 1 amide bonds. The first-order chi connectivity index (χ1) is 9.63. The summed E-state index contributed by atoms with van der Waals surface area (Å²) in [5, 5.41) is 15.2. The van der Waals surface area contributed by atoms with Gasteiger partial charge in [0.25, 0.3) is 0 Å². The van der Waals surface area contributed by atoms with Crippen LogP contribution in [-0.2, 0) is 4.79 Å². The van der Waals surface area contributed by atoms with Gasteiger partial charge >= 0.3 is 0 Å². The van der Waals surface area contributed by atoms with Crippen molar-refractivity contribution >= 4 is 27.5 Å². The number of halogens is 1. The van der Waals surface area contributed by atoms with Crippen LogP contribution in [-0.4, -0.2) is 18.5 Å². The Labute approximate surface area is 127 Å². The van der Waals surface area contributed by atoms with E-state index in [9.17, 15) is 4.79 Å². The molecule has 2 N–H and O–H groups in total. The number of hydrogen-bond donors (Lipinski definition) is 2. The largest absolute Gasteiger partial charge is 0.324 e. The quantitative estimate of drug-likeness (QED) is 0.892. The van der Waals surface area contributed by atoms with Crippen molar-refractivity contribution in [2.75, 3.05) is 11.9 Å². The highest BCUT2D eigenvalue weighted by atomic mass is 79.9. The summed E-state index contributed by atoms with van der Waals surface area (Å²) in [5.41, 5.74) is 1.04. The van der Waals surface area contributed by atoms with Gasteiger partial charge in [0.1, 0.15) is 6.07 Å². The number of piperidine rings is 1. The summed E-state index contributed by atoms with van der Waals surface area (Å²) in [7, 11) is 0. The third-order valence-corrected chi connectivity index (χ3v) is 4.26. The number of hydrogen-bond acceptors (Lipinski definition) is 3. The molecule has 4 nitrogen and oxygen atoms in total. The summed E-state index contributed by atoms with van der Waals surface area (Å²) in [4.78, 5) is 12.3. The number of rotatable bonds is 3. The third-order valence-electron chi connectivity index (χ3n) is 3.77. The molecule has 0 spiro atoms. The van der Waals surface area contributed by atoms with Gasteiger partial charge in [-0.2, -0.15) is 5.26 Å². The van der Waals surface area contributed by atoms with Crippen molar-refractivity contribution in [3.8, 4) is 6.07 Å². The molecular formula is C15H18BrN3O. The Morgan fingerprint density at radius 3 is 3.10 bits per heavy atom. The number of nitriles is 1. The van der Waals surface area contributed by atoms with Gasteiger partial charge in [0, 0.05) is 4.47 Å². The van der Waals surface area contributed by atoms with E-state index in [0.717, 1.165) is 30.3 Å². The Kier molecular flexibility index (Phi) is 5.16. The Bertz CT molecular complexity index is 538. The molecule has 1 aliphatic heterocycles. The molecule has 1 aliphatic rings. The van der Waals surface area contributed by atoms with E-state index in [0.29, 0.717) is 17.2 Å². The van der Waals surface area contributed by atoms with Crippen molar-refractivity contribution in [1.82, 2.24) is 5.32 Å². The van der Waals surface area contributed by atoms with Crippen molar-refractivity contribution < 1.29 is 4.79 Å². The molecule has 106 valence electrons. The van der Waals surface area contributed by atoms with Crippen LogP contribution in [0, 0.1) is 17.2 Å². The fourth-order valence-corrected chi connectivity index (χ4v) is 2.87. The lowest BCUT2D eigenvalue weighted by Crippen LogP contribution is -2.46. The number of amides is 1. The van der Waals surface area contributed by atoms with Crippen molar-refractivity contribution in [2.45, 2.75) is 32.2 Å². The zero-order valence-corrected chi connectivity index (χ0v) is 13.0. The number of nitrogens with zero attached hydrogens (tertiary/aromatic N) is 1. The lowest BCUT2D eigenvalue weighted by atomic mass is 9.90. The summed E-state index contributed by atoms with van der Waals surface area (Å²) >= 11 is 3.36. The number of anilines is 1. The summed E-state index contributed by atoms with van der Waals surface area (Å²) in [6.45, 7) is 3.03. The Morgan fingerprint density at radius 1 is 1.60 bits per heavy atom. The van der Waals surface area contributed by atoms with Crippen LogP contribution in [0.1, 0.15) is 31.7 Å². The van der Waals surface area contributed by atoms with Gasteiger partial charge in [0.2, 0.25) is 5.91 Å². The highest BCUT2D eigenvalue weighted by Crippen LogP contribution is 2.23. The summed E-state index contributed by atoms with van der Waals surface area (Å²) in [5.74, 6) is 0.544. The summed E-state index contributed by atoms with van der Waals surface area (Å²) < 4.78 is 0.842. The van der Waals surface area contributed by atoms with Crippen LogP contribution in [0.5, 0.6) is 0 Å². The van der Waals surface area contributed by atoms with E-state index in [2.05, 4.69) is 39.6 Å². The molecule has 0 bridgehead atoms. The van der Waals surface area contributed by atoms with E-state index in [4.69, 9.17) is 5.26 Å². The first-order valence-corrected chi connectivity index (χ1v) is 7.67. The summed E-state index contributed by atoms with van der Waals surface area (Å²) in [6.07, 6.45) is 3.09. The zero-order chi connectivity index (χ0) is 14.5. The predicted octanol–water partition coefficient (Wildman–Crippen LogP) is 3.04. The maximum absolute atomic E-state index is 12.3. The SMILES string of the molecule is CCC1CCNC(C(=O)Nc2cc(Br)ccc2C#N)C1. The maximum Gasteiger partial charge on any atom is 0.241 e. The average molecular weight is 336 g/mol. The van der Waals surface area contributed by atoms with Crippen molar-refractivity contribution in [3.63, 3.8) is 0 Å². The van der Waals surface area contributed by atoms with Gasteiger partial charge < -0.3 is 10.6 Å². The molecule has 2 atom stereocenters. The van der Waals surface area contributed by atoms with Crippen LogP contribution < -0.4 is 10.6 Å². The van der Waals surface area contributed by atoms with Gasteiger partial charge in [-0.3, -0.25) is 4.79 Å². The molecular weight excluding hydrogens is 318 g/mol. The van der Waals surface area contributed by atoms with E-state index in [1.54, 1.807) is 18.2 Å². The van der Waals surface area contributed by atoms with E-state index >= 15 is 0 Å². The fraction of sp³-hybridized carbons (Fsp3) is 0.467. The molecule has 0 aromatic heterocycles. The maximum atomic E-state index is 12.3. The molecule has 1 heterocycles.